The first-order valence-corrected chi connectivity index (χ1v) is 13.5. The lowest BCUT2D eigenvalue weighted by Crippen LogP contribution is -2.48. The molecule has 34 heavy (non-hydrogen) atoms. The SMILES string of the molecule is COc1ccc(S(=O)(=O)N2CCN(c3nc(Cc4c(C)cc(C)cc4C)cs3)CC2)c(OC)c1. The van der Waals surface area contributed by atoms with Crippen LogP contribution in [0.5, 0.6) is 11.5 Å². The van der Waals surface area contributed by atoms with E-state index in [1.807, 2.05) is 0 Å². The first-order valence-electron chi connectivity index (χ1n) is 11.2. The monoisotopic (exact) mass is 501 g/mol. The third-order valence-electron chi connectivity index (χ3n) is 6.24. The highest BCUT2D eigenvalue weighted by Crippen LogP contribution is 2.32. The average molecular weight is 502 g/mol. The zero-order valence-corrected chi connectivity index (χ0v) is 21.9. The Hall–Kier alpha value is -2.62. The molecule has 0 aliphatic carbocycles. The van der Waals surface area contributed by atoms with Crippen LogP contribution in [0.4, 0.5) is 5.13 Å². The molecule has 0 unspecified atom stereocenters. The summed E-state index contributed by atoms with van der Waals surface area (Å²) in [6, 6.07) is 9.21. The van der Waals surface area contributed by atoms with Gasteiger partial charge in [0, 0.05) is 44.0 Å². The van der Waals surface area contributed by atoms with E-state index in [-0.39, 0.29) is 10.6 Å². The van der Waals surface area contributed by atoms with Gasteiger partial charge in [-0.05, 0) is 49.6 Å². The summed E-state index contributed by atoms with van der Waals surface area (Å²) in [5.74, 6) is 0.837. The predicted molar refractivity (Wildman–Crippen MR) is 136 cm³/mol. The zero-order chi connectivity index (χ0) is 24.5. The molecule has 0 bridgehead atoms. The molecule has 2 aromatic carbocycles. The Labute approximate surface area is 206 Å². The standard InChI is InChI=1S/C25H31N3O4S2/c1-17-12-18(2)22(19(3)13-17)14-20-16-33-25(26-20)27-8-10-28(11-9-27)34(29,30)24-7-6-21(31-4)15-23(24)32-5/h6-7,12-13,15-16H,8-11,14H2,1-5H3. The Morgan fingerprint density at radius 3 is 2.26 bits per heavy atom. The second-order valence-electron chi connectivity index (χ2n) is 8.58. The average Bonchev–Trinajstić information content (AvgIpc) is 3.29. The lowest BCUT2D eigenvalue weighted by molar-refractivity contribution is 0.370. The maximum absolute atomic E-state index is 13.3. The molecule has 0 radical (unpaired) electrons. The van der Waals surface area contributed by atoms with Crippen LogP contribution in [0.3, 0.4) is 0 Å². The topological polar surface area (TPSA) is 72.0 Å². The van der Waals surface area contributed by atoms with E-state index in [1.165, 1.54) is 40.8 Å². The Balaban J connectivity index is 1.44. The number of sulfonamides is 1. The van der Waals surface area contributed by atoms with Crippen molar-refractivity contribution in [3.8, 4) is 11.5 Å². The summed E-state index contributed by atoms with van der Waals surface area (Å²) in [7, 11) is -0.674. The Kier molecular flexibility index (Phi) is 7.16. The molecule has 0 atom stereocenters. The van der Waals surface area contributed by atoms with Crippen molar-refractivity contribution >= 4 is 26.5 Å². The predicted octanol–water partition coefficient (Wildman–Crippen LogP) is 4.19. The van der Waals surface area contributed by atoms with Crippen LogP contribution in [0, 0.1) is 20.8 Å². The van der Waals surface area contributed by atoms with Crippen LogP contribution in [0.2, 0.25) is 0 Å². The first-order chi connectivity index (χ1) is 16.2. The number of anilines is 1. The number of nitrogens with zero attached hydrogens (tertiary/aromatic N) is 3. The van der Waals surface area contributed by atoms with Gasteiger partial charge in [0.05, 0.1) is 19.9 Å². The molecule has 1 aliphatic rings. The van der Waals surface area contributed by atoms with E-state index < -0.39 is 10.0 Å². The fraction of sp³-hybridized carbons (Fsp3) is 0.400. The van der Waals surface area contributed by atoms with Crippen molar-refractivity contribution in [3.63, 3.8) is 0 Å². The van der Waals surface area contributed by atoms with Crippen LogP contribution < -0.4 is 14.4 Å². The van der Waals surface area contributed by atoms with Gasteiger partial charge in [0.25, 0.3) is 0 Å². The number of hydrogen-bond donors (Lipinski definition) is 0. The van der Waals surface area contributed by atoms with E-state index in [9.17, 15) is 8.42 Å². The normalized spacial score (nSPS) is 14.9. The van der Waals surface area contributed by atoms with E-state index in [0.717, 1.165) is 17.2 Å². The van der Waals surface area contributed by atoms with Crippen LogP contribution in [-0.4, -0.2) is 58.1 Å². The van der Waals surface area contributed by atoms with Gasteiger partial charge in [0.15, 0.2) is 5.13 Å². The molecule has 7 nitrogen and oxygen atoms in total. The first kappa shape index (κ1) is 24.5. The molecule has 4 rings (SSSR count). The minimum Gasteiger partial charge on any atom is -0.497 e. The number of rotatable bonds is 7. The lowest BCUT2D eigenvalue weighted by atomic mass is 9.96. The highest BCUT2D eigenvalue weighted by molar-refractivity contribution is 7.89. The molecule has 1 aliphatic heterocycles. The van der Waals surface area contributed by atoms with Crippen LogP contribution in [0.15, 0.2) is 40.6 Å². The summed E-state index contributed by atoms with van der Waals surface area (Å²) >= 11 is 1.62. The Bertz CT molecular complexity index is 1260. The van der Waals surface area contributed by atoms with Gasteiger partial charge < -0.3 is 14.4 Å². The molecule has 1 fully saturated rings. The highest BCUT2D eigenvalue weighted by atomic mass is 32.2. The van der Waals surface area contributed by atoms with Gasteiger partial charge in [-0.2, -0.15) is 4.31 Å². The summed E-state index contributed by atoms with van der Waals surface area (Å²) in [4.78, 5) is 7.19. The lowest BCUT2D eigenvalue weighted by Gasteiger charge is -2.34. The van der Waals surface area contributed by atoms with Crippen molar-refractivity contribution in [2.75, 3.05) is 45.3 Å². The molecule has 0 saturated carbocycles. The largest absolute Gasteiger partial charge is 0.497 e. The van der Waals surface area contributed by atoms with E-state index >= 15 is 0 Å². The number of benzene rings is 2. The van der Waals surface area contributed by atoms with Crippen molar-refractivity contribution < 1.29 is 17.9 Å². The van der Waals surface area contributed by atoms with Crippen molar-refractivity contribution in [1.29, 1.82) is 0 Å². The number of hydrogen-bond acceptors (Lipinski definition) is 7. The molecule has 3 aromatic rings. The van der Waals surface area contributed by atoms with Crippen LogP contribution in [-0.2, 0) is 16.4 Å². The third kappa shape index (κ3) is 4.92. The number of aryl methyl sites for hydroxylation is 3. The minimum atomic E-state index is -3.67. The van der Waals surface area contributed by atoms with Gasteiger partial charge >= 0.3 is 0 Å². The van der Waals surface area contributed by atoms with Crippen LogP contribution >= 0.6 is 11.3 Å². The molecular weight excluding hydrogens is 470 g/mol. The Morgan fingerprint density at radius 1 is 0.971 bits per heavy atom. The molecule has 2 heterocycles. The van der Waals surface area contributed by atoms with Gasteiger partial charge in [-0.3, -0.25) is 0 Å². The quantitative estimate of drug-likeness (QED) is 0.484. The Morgan fingerprint density at radius 2 is 1.65 bits per heavy atom. The van der Waals surface area contributed by atoms with E-state index in [0.29, 0.717) is 31.9 Å². The summed E-state index contributed by atoms with van der Waals surface area (Å²) in [5.41, 5.74) is 6.23. The fourth-order valence-electron chi connectivity index (χ4n) is 4.44. The second kappa shape index (κ2) is 9.93. The van der Waals surface area contributed by atoms with E-state index in [2.05, 4.69) is 43.2 Å². The smallest absolute Gasteiger partial charge is 0.246 e. The van der Waals surface area contributed by atoms with Crippen molar-refractivity contribution in [2.24, 2.45) is 0 Å². The van der Waals surface area contributed by atoms with E-state index in [1.54, 1.807) is 29.5 Å². The maximum Gasteiger partial charge on any atom is 0.246 e. The minimum absolute atomic E-state index is 0.157. The number of ether oxygens (including phenoxy) is 2. The van der Waals surface area contributed by atoms with Crippen molar-refractivity contribution in [3.05, 3.63) is 63.7 Å². The molecule has 0 spiro atoms. The van der Waals surface area contributed by atoms with Crippen molar-refractivity contribution in [2.45, 2.75) is 32.1 Å². The van der Waals surface area contributed by atoms with Crippen LogP contribution in [0.25, 0.3) is 0 Å². The zero-order valence-electron chi connectivity index (χ0n) is 20.3. The molecular formula is C25H31N3O4S2. The maximum atomic E-state index is 13.3. The fourth-order valence-corrected chi connectivity index (χ4v) is 6.88. The van der Waals surface area contributed by atoms with Gasteiger partial charge in [-0.1, -0.05) is 17.7 Å². The molecule has 1 saturated heterocycles. The molecule has 1 aromatic heterocycles. The third-order valence-corrected chi connectivity index (χ3v) is 9.12. The van der Waals surface area contributed by atoms with Crippen molar-refractivity contribution in [1.82, 2.24) is 9.29 Å². The van der Waals surface area contributed by atoms with E-state index in [4.69, 9.17) is 14.5 Å². The summed E-state index contributed by atoms with van der Waals surface area (Å²) in [6.45, 7) is 8.39. The molecule has 0 amide bonds. The van der Waals surface area contributed by atoms with Gasteiger partial charge in [0.2, 0.25) is 10.0 Å². The summed E-state index contributed by atoms with van der Waals surface area (Å²) < 4.78 is 38.6. The number of aromatic nitrogens is 1. The summed E-state index contributed by atoms with van der Waals surface area (Å²) in [5, 5.41) is 3.05. The molecule has 0 N–H and O–H groups in total. The molecule has 9 heteroatoms. The summed E-state index contributed by atoms with van der Waals surface area (Å²) in [6.07, 6.45) is 0.806. The van der Waals surface area contributed by atoms with Gasteiger partial charge in [0.1, 0.15) is 16.4 Å². The van der Waals surface area contributed by atoms with Gasteiger partial charge in [-0.15, -0.1) is 11.3 Å². The molecule has 182 valence electrons. The number of methoxy groups -OCH3 is 2. The second-order valence-corrected chi connectivity index (χ2v) is 11.3. The highest BCUT2D eigenvalue weighted by Gasteiger charge is 2.31. The number of thiazole rings is 1. The number of piperazine rings is 1. The van der Waals surface area contributed by atoms with Crippen LogP contribution in [0.1, 0.15) is 27.9 Å². The van der Waals surface area contributed by atoms with Gasteiger partial charge in [-0.25, -0.2) is 13.4 Å².